The van der Waals surface area contributed by atoms with Crippen LogP contribution in [0.3, 0.4) is 0 Å². The Morgan fingerprint density at radius 1 is 1.04 bits per heavy atom. The molecule has 3 rings (SSSR count). The van der Waals surface area contributed by atoms with Crippen LogP contribution in [0.4, 0.5) is 0 Å². The summed E-state index contributed by atoms with van der Waals surface area (Å²) in [7, 11) is 0. The van der Waals surface area contributed by atoms with Gasteiger partial charge in [0.15, 0.2) is 5.69 Å². The van der Waals surface area contributed by atoms with Crippen LogP contribution in [-0.4, -0.2) is 22.2 Å². The second-order valence-electron chi connectivity index (χ2n) is 6.39. The van der Waals surface area contributed by atoms with Gasteiger partial charge in [-0.2, -0.15) is 9.78 Å². The molecule has 1 amide bonds. The van der Waals surface area contributed by atoms with E-state index in [-0.39, 0.29) is 17.2 Å². The van der Waals surface area contributed by atoms with E-state index in [1.807, 2.05) is 18.2 Å². The van der Waals surface area contributed by atoms with Crippen molar-refractivity contribution in [3.63, 3.8) is 0 Å². The van der Waals surface area contributed by atoms with Gasteiger partial charge in [-0.3, -0.25) is 9.59 Å². The van der Waals surface area contributed by atoms with E-state index >= 15 is 0 Å². The summed E-state index contributed by atoms with van der Waals surface area (Å²) in [6.07, 6.45) is 0.891. The second kappa shape index (κ2) is 7.30. The first kappa shape index (κ1) is 16.9. The molecular formula is C20H21N3O2. The molecule has 0 spiro atoms. The minimum atomic E-state index is -0.262. The van der Waals surface area contributed by atoms with Crippen LogP contribution in [0.5, 0.6) is 0 Å². The summed E-state index contributed by atoms with van der Waals surface area (Å²) in [6.45, 7) is 4.79. The zero-order chi connectivity index (χ0) is 17.8. The zero-order valence-corrected chi connectivity index (χ0v) is 14.4. The molecule has 0 radical (unpaired) electrons. The lowest BCUT2D eigenvalue weighted by Crippen LogP contribution is -2.30. The molecule has 128 valence electrons. The standard InChI is InChI=1S/C20H21N3O2/c1-14(2)12-13-21-19(24)18-16-10-6-7-11-17(16)20(25)23(22-18)15-8-4-3-5-9-15/h3-11,14H,12-13H2,1-2H3,(H,21,24). The van der Waals surface area contributed by atoms with Crippen LogP contribution in [0.25, 0.3) is 16.5 Å². The first-order chi connectivity index (χ1) is 12.1. The maximum Gasteiger partial charge on any atom is 0.279 e. The summed E-state index contributed by atoms with van der Waals surface area (Å²) in [5.74, 6) is 0.241. The van der Waals surface area contributed by atoms with E-state index in [0.717, 1.165) is 6.42 Å². The predicted octanol–water partition coefficient (Wildman–Crippen LogP) is 3.16. The van der Waals surface area contributed by atoms with Crippen LogP contribution in [0.1, 0.15) is 30.8 Å². The number of rotatable bonds is 5. The molecule has 1 N–H and O–H groups in total. The van der Waals surface area contributed by atoms with Gasteiger partial charge in [0.2, 0.25) is 0 Å². The Bertz CT molecular complexity index is 946. The summed E-state index contributed by atoms with van der Waals surface area (Å²) < 4.78 is 1.29. The molecule has 0 bridgehead atoms. The van der Waals surface area contributed by atoms with Gasteiger partial charge in [0.25, 0.3) is 11.5 Å². The average Bonchev–Trinajstić information content (AvgIpc) is 2.62. The Hall–Kier alpha value is -2.95. The molecule has 0 aliphatic rings. The van der Waals surface area contributed by atoms with E-state index in [0.29, 0.717) is 28.9 Å². The fraction of sp³-hybridized carbons (Fsp3) is 0.250. The van der Waals surface area contributed by atoms with Crippen molar-refractivity contribution in [1.82, 2.24) is 15.1 Å². The third-order valence-corrected chi connectivity index (χ3v) is 4.03. The summed E-state index contributed by atoms with van der Waals surface area (Å²) in [6, 6.07) is 16.2. The Labute approximate surface area is 146 Å². The minimum Gasteiger partial charge on any atom is -0.351 e. The topological polar surface area (TPSA) is 64.0 Å². The van der Waals surface area contributed by atoms with Gasteiger partial charge in [-0.1, -0.05) is 50.2 Å². The lowest BCUT2D eigenvalue weighted by Gasteiger charge is -2.12. The Morgan fingerprint density at radius 3 is 2.36 bits per heavy atom. The number of nitrogens with zero attached hydrogens (tertiary/aromatic N) is 2. The van der Waals surface area contributed by atoms with Gasteiger partial charge in [0, 0.05) is 11.9 Å². The number of hydrogen-bond acceptors (Lipinski definition) is 3. The first-order valence-corrected chi connectivity index (χ1v) is 8.43. The first-order valence-electron chi connectivity index (χ1n) is 8.43. The van der Waals surface area contributed by atoms with E-state index in [4.69, 9.17) is 0 Å². The van der Waals surface area contributed by atoms with Gasteiger partial charge in [0.1, 0.15) is 0 Å². The minimum absolute atomic E-state index is 0.236. The molecule has 2 aromatic carbocycles. The van der Waals surface area contributed by atoms with E-state index in [2.05, 4.69) is 24.3 Å². The Balaban J connectivity index is 2.10. The molecule has 0 fully saturated rings. The summed E-state index contributed by atoms with van der Waals surface area (Å²) in [5, 5.41) is 8.32. The van der Waals surface area contributed by atoms with E-state index in [1.54, 1.807) is 36.4 Å². The van der Waals surface area contributed by atoms with Crippen LogP contribution in [0.2, 0.25) is 0 Å². The quantitative estimate of drug-likeness (QED) is 0.779. The lowest BCUT2D eigenvalue weighted by atomic mass is 10.1. The molecule has 0 saturated heterocycles. The molecule has 25 heavy (non-hydrogen) atoms. The maximum atomic E-state index is 12.8. The predicted molar refractivity (Wildman–Crippen MR) is 99.1 cm³/mol. The molecule has 5 heteroatoms. The number of para-hydroxylation sites is 1. The molecule has 0 aliphatic heterocycles. The summed E-state index contributed by atoms with van der Waals surface area (Å²) in [4.78, 5) is 25.4. The second-order valence-corrected chi connectivity index (χ2v) is 6.39. The highest BCUT2D eigenvalue weighted by molar-refractivity contribution is 6.04. The molecule has 5 nitrogen and oxygen atoms in total. The molecule has 0 saturated carbocycles. The number of carbonyl (C=O) groups is 1. The molecule has 0 unspecified atom stereocenters. The molecule has 0 atom stereocenters. The number of benzene rings is 2. The molecule has 1 heterocycles. The SMILES string of the molecule is CC(C)CCNC(=O)c1nn(-c2ccccc2)c(=O)c2ccccc12. The highest BCUT2D eigenvalue weighted by atomic mass is 16.2. The Kier molecular flexibility index (Phi) is 4.93. The highest BCUT2D eigenvalue weighted by Gasteiger charge is 2.17. The van der Waals surface area contributed by atoms with Gasteiger partial charge in [-0.05, 0) is 30.5 Å². The average molecular weight is 335 g/mol. The van der Waals surface area contributed by atoms with Gasteiger partial charge in [-0.15, -0.1) is 0 Å². The molecule has 1 aromatic heterocycles. The zero-order valence-electron chi connectivity index (χ0n) is 14.4. The van der Waals surface area contributed by atoms with Gasteiger partial charge < -0.3 is 5.32 Å². The van der Waals surface area contributed by atoms with Crippen molar-refractivity contribution < 1.29 is 4.79 Å². The van der Waals surface area contributed by atoms with Gasteiger partial charge >= 0.3 is 0 Å². The summed E-state index contributed by atoms with van der Waals surface area (Å²) in [5.41, 5.74) is 0.665. The maximum absolute atomic E-state index is 12.8. The number of nitrogens with one attached hydrogen (secondary N) is 1. The molecular weight excluding hydrogens is 314 g/mol. The number of hydrogen-bond donors (Lipinski definition) is 1. The smallest absolute Gasteiger partial charge is 0.279 e. The van der Waals surface area contributed by atoms with Crippen LogP contribution < -0.4 is 10.9 Å². The van der Waals surface area contributed by atoms with E-state index in [9.17, 15) is 9.59 Å². The van der Waals surface area contributed by atoms with Gasteiger partial charge in [0.05, 0.1) is 11.1 Å². The van der Waals surface area contributed by atoms with Crippen molar-refractivity contribution in [2.45, 2.75) is 20.3 Å². The molecule has 0 aliphatic carbocycles. The largest absolute Gasteiger partial charge is 0.351 e. The number of carbonyl (C=O) groups excluding carboxylic acids is 1. The van der Waals surface area contributed by atoms with Crippen LogP contribution in [-0.2, 0) is 0 Å². The fourth-order valence-corrected chi connectivity index (χ4v) is 2.66. The Morgan fingerprint density at radius 2 is 1.68 bits per heavy atom. The number of amides is 1. The van der Waals surface area contributed by atoms with Crippen LogP contribution >= 0.6 is 0 Å². The highest BCUT2D eigenvalue weighted by Crippen LogP contribution is 2.15. The van der Waals surface area contributed by atoms with Crippen molar-refractivity contribution in [2.75, 3.05) is 6.54 Å². The van der Waals surface area contributed by atoms with Crippen molar-refractivity contribution in [1.29, 1.82) is 0 Å². The third kappa shape index (κ3) is 3.60. The van der Waals surface area contributed by atoms with Crippen LogP contribution in [0, 0.1) is 5.92 Å². The van der Waals surface area contributed by atoms with Crippen molar-refractivity contribution >= 4 is 16.7 Å². The fourth-order valence-electron chi connectivity index (χ4n) is 2.66. The monoisotopic (exact) mass is 335 g/mol. The van der Waals surface area contributed by atoms with Crippen molar-refractivity contribution in [3.05, 3.63) is 70.6 Å². The summed E-state index contributed by atoms with van der Waals surface area (Å²) >= 11 is 0. The van der Waals surface area contributed by atoms with Gasteiger partial charge in [-0.25, -0.2) is 0 Å². The van der Waals surface area contributed by atoms with Crippen molar-refractivity contribution in [2.24, 2.45) is 5.92 Å². The van der Waals surface area contributed by atoms with E-state index < -0.39 is 0 Å². The third-order valence-electron chi connectivity index (χ3n) is 4.03. The van der Waals surface area contributed by atoms with Crippen molar-refractivity contribution in [3.8, 4) is 5.69 Å². The number of aromatic nitrogens is 2. The van der Waals surface area contributed by atoms with Crippen LogP contribution in [0.15, 0.2) is 59.4 Å². The van der Waals surface area contributed by atoms with E-state index in [1.165, 1.54) is 4.68 Å². The molecule has 3 aromatic rings. The lowest BCUT2D eigenvalue weighted by molar-refractivity contribution is 0.0947. The number of fused-ring (bicyclic) bond motifs is 1. The normalized spacial score (nSPS) is 11.0.